The van der Waals surface area contributed by atoms with E-state index in [9.17, 15) is 0 Å². The van der Waals surface area contributed by atoms with E-state index < -0.39 is 0 Å². The van der Waals surface area contributed by atoms with Gasteiger partial charge in [0.1, 0.15) is 35.2 Å². The highest BCUT2D eigenvalue weighted by atomic mass is 19.1. The van der Waals surface area contributed by atoms with Gasteiger partial charge in [-0.25, -0.2) is 8.96 Å². The zero-order chi connectivity index (χ0) is 28.7. The second kappa shape index (κ2) is 9.02. The summed E-state index contributed by atoms with van der Waals surface area (Å²) in [7, 11) is 2.07. The molecule has 0 amide bonds. The quantitative estimate of drug-likeness (QED) is 0.205. The third-order valence-corrected chi connectivity index (χ3v) is 8.70. The monoisotopic (exact) mass is 550 g/mol. The normalized spacial score (nSPS) is 12.1. The molecule has 0 saturated heterocycles. The molecule has 3 nitrogen and oxygen atoms in total. The molecule has 0 radical (unpaired) electrons. The predicted molar refractivity (Wildman–Crippen MR) is 169 cm³/mol. The number of aryl methyl sites for hydroxylation is 2. The van der Waals surface area contributed by atoms with Crippen LogP contribution in [0.5, 0.6) is 0 Å². The van der Waals surface area contributed by atoms with E-state index in [1.54, 1.807) is 6.07 Å². The van der Waals surface area contributed by atoms with Crippen LogP contribution in [0.1, 0.15) is 30.9 Å². The number of furan rings is 2. The second-order valence-electron chi connectivity index (χ2n) is 11.6. The van der Waals surface area contributed by atoms with Gasteiger partial charge in [-0.05, 0) is 71.3 Å². The summed E-state index contributed by atoms with van der Waals surface area (Å²) >= 11 is 0. The first-order valence-electron chi connectivity index (χ1n) is 14.4. The highest BCUT2D eigenvalue weighted by molar-refractivity contribution is 6.15. The molecule has 0 fully saturated rings. The number of nitrogens with zero attached hydrogens (tertiary/aromatic N) is 1. The van der Waals surface area contributed by atoms with Crippen molar-refractivity contribution in [2.24, 2.45) is 7.05 Å². The van der Waals surface area contributed by atoms with Crippen LogP contribution in [0.15, 0.2) is 106 Å². The van der Waals surface area contributed by atoms with Crippen molar-refractivity contribution in [3.05, 3.63) is 114 Å². The number of benzene rings is 5. The fraction of sp³-hybridized carbons (Fsp3) is 0.132. The minimum Gasteiger partial charge on any atom is -0.456 e. The van der Waals surface area contributed by atoms with Crippen LogP contribution in [0.25, 0.3) is 77.0 Å². The van der Waals surface area contributed by atoms with Gasteiger partial charge >= 0.3 is 0 Å². The molecule has 0 saturated carbocycles. The van der Waals surface area contributed by atoms with Gasteiger partial charge in [0.25, 0.3) is 0 Å². The second-order valence-corrected chi connectivity index (χ2v) is 11.6. The predicted octanol–water partition coefficient (Wildman–Crippen LogP) is 10.4. The number of pyridine rings is 1. The molecule has 0 N–H and O–H groups in total. The topological polar surface area (TPSA) is 30.2 Å². The molecule has 3 heterocycles. The molecule has 8 aromatic rings. The molecule has 4 heteroatoms. The van der Waals surface area contributed by atoms with Crippen molar-refractivity contribution in [1.82, 2.24) is 0 Å². The molecule has 5 aromatic carbocycles. The Morgan fingerprint density at radius 2 is 1.38 bits per heavy atom. The van der Waals surface area contributed by atoms with E-state index in [1.807, 2.05) is 48.5 Å². The highest BCUT2D eigenvalue weighted by Gasteiger charge is 2.25. The van der Waals surface area contributed by atoms with E-state index in [1.165, 1.54) is 10.9 Å². The lowest BCUT2D eigenvalue weighted by Crippen LogP contribution is -2.30. The molecule has 204 valence electrons. The standard InChI is InChI=1S/C38H29FNO2/c1-21(2)23-10-13-26-24(19-23)17-18-40(4)36(26)34-22(3)9-12-29-30-15-16-31(39)35(38(30)42-37(29)34)25-11-14-28-27-7-5-6-8-32(27)41-33(28)20-25/h5-21H,1-4H3/q+1. The van der Waals surface area contributed by atoms with Gasteiger partial charge in [-0.1, -0.05) is 62.4 Å². The molecule has 0 atom stereocenters. The van der Waals surface area contributed by atoms with Gasteiger partial charge in [0, 0.05) is 27.6 Å². The largest absolute Gasteiger partial charge is 0.456 e. The SMILES string of the molecule is Cc1ccc2c(oc3c(-c4ccc5c(c4)oc4ccccc45)c(F)ccc32)c1-c1c2ccc(C(C)C)cc2cc[n+]1C. The van der Waals surface area contributed by atoms with Crippen LogP contribution in [0.4, 0.5) is 4.39 Å². The van der Waals surface area contributed by atoms with Crippen LogP contribution in [-0.2, 0) is 7.05 Å². The number of aromatic nitrogens is 1. The summed E-state index contributed by atoms with van der Waals surface area (Å²) < 4.78 is 30.8. The molecule has 0 aliphatic rings. The minimum atomic E-state index is -0.327. The van der Waals surface area contributed by atoms with E-state index in [4.69, 9.17) is 8.83 Å². The van der Waals surface area contributed by atoms with Gasteiger partial charge in [0.2, 0.25) is 5.69 Å². The third-order valence-electron chi connectivity index (χ3n) is 8.70. The Morgan fingerprint density at radius 1 is 0.667 bits per heavy atom. The lowest BCUT2D eigenvalue weighted by atomic mass is 9.94. The van der Waals surface area contributed by atoms with Crippen molar-refractivity contribution in [1.29, 1.82) is 0 Å². The molecule has 0 aliphatic carbocycles. The molecule has 3 aromatic heterocycles. The van der Waals surface area contributed by atoms with E-state index >= 15 is 4.39 Å². The average molecular weight is 551 g/mol. The number of rotatable bonds is 3. The smallest absolute Gasteiger partial charge is 0.224 e. The summed E-state index contributed by atoms with van der Waals surface area (Å²) in [6.45, 7) is 6.54. The zero-order valence-electron chi connectivity index (χ0n) is 24.0. The van der Waals surface area contributed by atoms with Crippen LogP contribution in [-0.4, -0.2) is 0 Å². The molecule has 42 heavy (non-hydrogen) atoms. The fourth-order valence-corrected chi connectivity index (χ4v) is 6.48. The summed E-state index contributed by atoms with van der Waals surface area (Å²) in [6.07, 6.45) is 2.11. The number of halogens is 1. The highest BCUT2D eigenvalue weighted by Crippen LogP contribution is 2.43. The lowest BCUT2D eigenvalue weighted by Gasteiger charge is -2.11. The van der Waals surface area contributed by atoms with Gasteiger partial charge in [-0.15, -0.1) is 0 Å². The maximum Gasteiger partial charge on any atom is 0.224 e. The van der Waals surface area contributed by atoms with Crippen molar-refractivity contribution in [3.63, 3.8) is 0 Å². The number of para-hydroxylation sites is 1. The summed E-state index contributed by atoms with van der Waals surface area (Å²) in [5, 5.41) is 6.25. The van der Waals surface area contributed by atoms with Crippen LogP contribution >= 0.6 is 0 Å². The summed E-state index contributed by atoms with van der Waals surface area (Å²) in [5.41, 5.74) is 8.51. The van der Waals surface area contributed by atoms with Gasteiger partial charge in [0.05, 0.1) is 16.5 Å². The molecular weight excluding hydrogens is 521 g/mol. The van der Waals surface area contributed by atoms with Gasteiger partial charge in [-0.2, -0.15) is 0 Å². The van der Waals surface area contributed by atoms with Crippen molar-refractivity contribution < 1.29 is 17.8 Å². The van der Waals surface area contributed by atoms with E-state index in [0.29, 0.717) is 17.1 Å². The molecule has 0 bridgehead atoms. The lowest BCUT2D eigenvalue weighted by molar-refractivity contribution is -0.659. The number of hydrogen-bond acceptors (Lipinski definition) is 2. The number of fused-ring (bicyclic) bond motifs is 7. The minimum absolute atomic E-state index is 0.327. The van der Waals surface area contributed by atoms with Crippen molar-refractivity contribution >= 4 is 54.6 Å². The van der Waals surface area contributed by atoms with Crippen LogP contribution in [0.2, 0.25) is 0 Å². The van der Waals surface area contributed by atoms with Crippen molar-refractivity contribution in [3.8, 4) is 22.4 Å². The van der Waals surface area contributed by atoms with Crippen LogP contribution < -0.4 is 4.57 Å². The van der Waals surface area contributed by atoms with E-state index in [2.05, 4.69) is 75.0 Å². The Morgan fingerprint density at radius 3 is 2.21 bits per heavy atom. The molecule has 0 aliphatic heterocycles. The molecule has 0 spiro atoms. The summed E-state index contributed by atoms with van der Waals surface area (Å²) in [4.78, 5) is 0. The van der Waals surface area contributed by atoms with Crippen LogP contribution in [0.3, 0.4) is 0 Å². The molecular formula is C38H29FNO2+. The number of hydrogen-bond donors (Lipinski definition) is 0. The van der Waals surface area contributed by atoms with Gasteiger partial charge in [-0.3, -0.25) is 0 Å². The average Bonchev–Trinajstić information content (AvgIpc) is 3.55. The Kier molecular flexibility index (Phi) is 5.33. The van der Waals surface area contributed by atoms with Gasteiger partial charge in [0.15, 0.2) is 6.20 Å². The summed E-state index contributed by atoms with van der Waals surface area (Å²) in [5.74, 6) is 0.117. The summed E-state index contributed by atoms with van der Waals surface area (Å²) in [6, 6.07) is 30.3. The Bertz CT molecular complexity index is 2370. The van der Waals surface area contributed by atoms with Crippen molar-refractivity contribution in [2.75, 3.05) is 0 Å². The van der Waals surface area contributed by atoms with E-state index in [-0.39, 0.29) is 5.82 Å². The van der Waals surface area contributed by atoms with E-state index in [0.717, 1.165) is 66.1 Å². The first-order valence-corrected chi connectivity index (χ1v) is 14.4. The first kappa shape index (κ1) is 24.8. The fourth-order valence-electron chi connectivity index (χ4n) is 6.48. The Labute approximate surface area is 242 Å². The Balaban J connectivity index is 1.41. The molecule has 0 unspecified atom stereocenters. The maximum atomic E-state index is 15.7. The van der Waals surface area contributed by atoms with Crippen LogP contribution in [0, 0.1) is 12.7 Å². The third kappa shape index (κ3) is 3.54. The first-order chi connectivity index (χ1) is 20.4. The molecule has 8 rings (SSSR count). The van der Waals surface area contributed by atoms with Crippen molar-refractivity contribution in [2.45, 2.75) is 26.7 Å². The Hall–Kier alpha value is -4.96. The zero-order valence-corrected chi connectivity index (χ0v) is 24.0. The van der Waals surface area contributed by atoms with Gasteiger partial charge < -0.3 is 8.83 Å². The maximum absolute atomic E-state index is 15.7.